The predicted molar refractivity (Wildman–Crippen MR) is 104 cm³/mol. The molecule has 0 spiro atoms. The summed E-state index contributed by atoms with van der Waals surface area (Å²) < 4.78 is 10.3. The van der Waals surface area contributed by atoms with Crippen molar-refractivity contribution >= 4 is 41.0 Å². The molecule has 1 aromatic carbocycles. The van der Waals surface area contributed by atoms with Gasteiger partial charge < -0.3 is 14.8 Å². The average Bonchev–Trinajstić information content (AvgIpc) is 2.61. The van der Waals surface area contributed by atoms with Crippen molar-refractivity contribution in [3.05, 3.63) is 35.9 Å². The van der Waals surface area contributed by atoms with Crippen LogP contribution < -0.4 is 5.32 Å². The summed E-state index contributed by atoms with van der Waals surface area (Å²) in [7, 11) is 0. The fourth-order valence-corrected chi connectivity index (χ4v) is 2.57. The topological polar surface area (TPSA) is 81.7 Å². The first kappa shape index (κ1) is 23.2. The number of benzene rings is 1. The van der Waals surface area contributed by atoms with Crippen molar-refractivity contribution in [2.24, 2.45) is 5.92 Å². The molecule has 27 heavy (non-hydrogen) atoms. The van der Waals surface area contributed by atoms with Gasteiger partial charge in [0.25, 0.3) is 0 Å². The highest BCUT2D eigenvalue weighted by molar-refractivity contribution is 6.21. The van der Waals surface area contributed by atoms with E-state index in [4.69, 9.17) is 32.7 Å². The second-order valence-corrected chi connectivity index (χ2v) is 7.59. The lowest BCUT2D eigenvalue weighted by Gasteiger charge is -2.23. The number of nitrogens with one attached hydrogen (secondary N) is 1. The van der Waals surface area contributed by atoms with Crippen LogP contribution >= 0.6 is 23.2 Å². The van der Waals surface area contributed by atoms with Gasteiger partial charge in [0.15, 0.2) is 5.78 Å². The summed E-state index contributed by atoms with van der Waals surface area (Å²) in [5, 5.41) is 2.41. The van der Waals surface area contributed by atoms with Gasteiger partial charge in [0, 0.05) is 18.2 Å². The average molecular weight is 418 g/mol. The van der Waals surface area contributed by atoms with Crippen LogP contribution in [-0.2, 0) is 25.7 Å². The minimum absolute atomic E-state index is 0.0825. The van der Waals surface area contributed by atoms with Crippen LogP contribution in [0.2, 0.25) is 0 Å². The molecule has 0 aliphatic heterocycles. The molecule has 0 heterocycles. The monoisotopic (exact) mass is 417 g/mol. The fraction of sp³-hybridized carbons (Fsp3) is 0.526. The molecule has 6 nitrogen and oxygen atoms in total. The minimum Gasteiger partial charge on any atom is -0.461 e. The molecule has 0 fully saturated rings. The van der Waals surface area contributed by atoms with Crippen molar-refractivity contribution in [1.29, 1.82) is 0 Å². The molecule has 0 aliphatic rings. The van der Waals surface area contributed by atoms with Crippen LogP contribution in [0.3, 0.4) is 0 Å². The van der Waals surface area contributed by atoms with E-state index in [0.717, 1.165) is 5.56 Å². The number of ether oxygens (including phenoxy) is 2. The van der Waals surface area contributed by atoms with Gasteiger partial charge in [0.05, 0.1) is 5.92 Å². The Morgan fingerprint density at radius 1 is 1.07 bits per heavy atom. The molecule has 1 aromatic rings. The van der Waals surface area contributed by atoms with E-state index in [1.807, 2.05) is 30.3 Å². The predicted octanol–water partition coefficient (Wildman–Crippen LogP) is 3.68. The number of carbonyl (C=O) groups excluding carboxylic acids is 3. The van der Waals surface area contributed by atoms with Crippen LogP contribution in [0.5, 0.6) is 0 Å². The van der Waals surface area contributed by atoms with Gasteiger partial charge in [0.2, 0.25) is 0 Å². The fourth-order valence-electron chi connectivity index (χ4n) is 2.09. The van der Waals surface area contributed by atoms with Gasteiger partial charge in [-0.2, -0.15) is 0 Å². The van der Waals surface area contributed by atoms with E-state index in [9.17, 15) is 14.4 Å². The molecule has 0 saturated carbocycles. The number of rotatable bonds is 9. The molecular formula is C19H25Cl2NO5. The van der Waals surface area contributed by atoms with E-state index in [1.54, 1.807) is 20.8 Å². The normalized spacial score (nSPS) is 13.4. The van der Waals surface area contributed by atoms with Crippen LogP contribution in [0, 0.1) is 5.92 Å². The lowest BCUT2D eigenvalue weighted by atomic mass is 10.0. The third-order valence-electron chi connectivity index (χ3n) is 3.43. The van der Waals surface area contributed by atoms with Gasteiger partial charge in [0.1, 0.15) is 18.2 Å². The Hall–Kier alpha value is -1.79. The molecule has 0 aliphatic carbocycles. The van der Waals surface area contributed by atoms with Crippen LogP contribution in [0.4, 0.5) is 4.79 Å². The van der Waals surface area contributed by atoms with Crippen LogP contribution in [-0.4, -0.2) is 41.2 Å². The van der Waals surface area contributed by atoms with Crippen LogP contribution in [0.25, 0.3) is 0 Å². The lowest BCUT2D eigenvalue weighted by molar-refractivity contribution is -0.150. The van der Waals surface area contributed by atoms with E-state index in [1.165, 1.54) is 0 Å². The Bertz CT molecular complexity index is 631. The van der Waals surface area contributed by atoms with Crippen LogP contribution in [0.15, 0.2) is 30.3 Å². The maximum Gasteiger partial charge on any atom is 0.408 e. The van der Waals surface area contributed by atoms with Gasteiger partial charge in [-0.25, -0.2) is 4.79 Å². The Morgan fingerprint density at radius 3 is 2.22 bits per heavy atom. The van der Waals surface area contributed by atoms with Crippen molar-refractivity contribution in [1.82, 2.24) is 5.32 Å². The van der Waals surface area contributed by atoms with Crippen molar-refractivity contribution in [3.8, 4) is 0 Å². The molecule has 0 saturated heterocycles. The Balaban J connectivity index is 2.58. The SMILES string of the molecule is CC(C)(C)OC(=O)N[C@@H](CCl)C(=O)C[C@@H](CCl)C(=O)OCc1ccccc1. The first-order valence-corrected chi connectivity index (χ1v) is 9.58. The number of hydrogen-bond donors (Lipinski definition) is 1. The zero-order valence-corrected chi connectivity index (χ0v) is 17.2. The highest BCUT2D eigenvalue weighted by Gasteiger charge is 2.29. The number of alkyl carbamates (subject to hydrolysis) is 1. The van der Waals surface area contributed by atoms with Gasteiger partial charge in [-0.15, -0.1) is 23.2 Å². The maximum absolute atomic E-state index is 12.4. The van der Waals surface area contributed by atoms with Gasteiger partial charge in [-0.1, -0.05) is 30.3 Å². The summed E-state index contributed by atoms with van der Waals surface area (Å²) in [5.41, 5.74) is 0.125. The van der Waals surface area contributed by atoms with Crippen molar-refractivity contribution in [3.63, 3.8) is 0 Å². The highest BCUT2D eigenvalue weighted by atomic mass is 35.5. The molecule has 1 N–H and O–H groups in total. The molecule has 1 amide bonds. The largest absolute Gasteiger partial charge is 0.461 e. The molecule has 8 heteroatoms. The first-order valence-electron chi connectivity index (χ1n) is 8.51. The molecule has 0 aromatic heterocycles. The first-order chi connectivity index (χ1) is 12.7. The number of Topliss-reactive ketones (excluding diaryl/α,β-unsaturated/α-hetero) is 1. The number of ketones is 1. The number of carbonyl (C=O) groups is 3. The van der Waals surface area contributed by atoms with E-state index >= 15 is 0 Å². The molecule has 0 radical (unpaired) electrons. The summed E-state index contributed by atoms with van der Waals surface area (Å²) in [6.07, 6.45) is -0.944. The number of amides is 1. The molecular weight excluding hydrogens is 393 g/mol. The second kappa shape index (κ2) is 11.1. The number of hydrogen-bond acceptors (Lipinski definition) is 5. The summed E-state index contributed by atoms with van der Waals surface area (Å²) in [6.45, 7) is 5.21. The standard InChI is InChI=1S/C19H25Cl2NO5/c1-19(2,3)27-18(25)22-15(11-21)16(23)9-14(10-20)17(24)26-12-13-7-5-4-6-8-13/h4-8,14-15H,9-12H2,1-3H3,(H,22,25)/t14-,15-/m0/s1. The van der Waals surface area contributed by atoms with Gasteiger partial charge >= 0.3 is 12.1 Å². The van der Waals surface area contributed by atoms with E-state index in [-0.39, 0.29) is 24.8 Å². The maximum atomic E-state index is 12.4. The Labute approximate surface area is 169 Å². The van der Waals surface area contributed by atoms with Crippen molar-refractivity contribution in [2.45, 2.75) is 45.4 Å². The van der Waals surface area contributed by atoms with Gasteiger partial charge in [-0.3, -0.25) is 9.59 Å². The van der Waals surface area contributed by atoms with E-state index in [2.05, 4.69) is 5.32 Å². The molecule has 1 rings (SSSR count). The Morgan fingerprint density at radius 2 is 1.70 bits per heavy atom. The van der Waals surface area contributed by atoms with Gasteiger partial charge in [-0.05, 0) is 26.3 Å². The van der Waals surface area contributed by atoms with Crippen LogP contribution in [0.1, 0.15) is 32.8 Å². The highest BCUT2D eigenvalue weighted by Crippen LogP contribution is 2.14. The third-order valence-corrected chi connectivity index (χ3v) is 4.11. The number of alkyl halides is 2. The summed E-state index contributed by atoms with van der Waals surface area (Å²) >= 11 is 11.6. The smallest absolute Gasteiger partial charge is 0.408 e. The Kier molecular flexibility index (Phi) is 9.60. The number of esters is 1. The summed E-state index contributed by atoms with van der Waals surface area (Å²) in [4.78, 5) is 36.4. The molecule has 150 valence electrons. The zero-order chi connectivity index (χ0) is 20.4. The quantitative estimate of drug-likeness (QED) is 0.489. The summed E-state index contributed by atoms with van der Waals surface area (Å²) in [5.74, 6) is -2.05. The second-order valence-electron chi connectivity index (χ2n) is 6.97. The molecule has 0 unspecified atom stereocenters. The summed E-state index contributed by atoms with van der Waals surface area (Å²) in [6, 6.07) is 8.19. The number of halogens is 2. The lowest BCUT2D eigenvalue weighted by Crippen LogP contribution is -2.45. The molecule has 0 bridgehead atoms. The minimum atomic E-state index is -0.978. The van der Waals surface area contributed by atoms with Crippen molar-refractivity contribution in [2.75, 3.05) is 11.8 Å². The zero-order valence-electron chi connectivity index (χ0n) is 15.7. The van der Waals surface area contributed by atoms with E-state index in [0.29, 0.717) is 0 Å². The van der Waals surface area contributed by atoms with E-state index < -0.39 is 35.4 Å². The molecule has 2 atom stereocenters. The van der Waals surface area contributed by atoms with Crippen molar-refractivity contribution < 1.29 is 23.9 Å². The third kappa shape index (κ3) is 9.11.